The number of carbonyl (C=O) groups excluding carboxylic acids is 2. The molecule has 1 saturated heterocycles. The molecule has 0 bridgehead atoms. The van der Waals surface area contributed by atoms with Crippen LogP contribution in [0.15, 0.2) is 24.3 Å². The van der Waals surface area contributed by atoms with E-state index in [1.165, 1.54) is 116 Å². The third-order valence-corrected chi connectivity index (χ3v) is 10.3. The summed E-state index contributed by atoms with van der Waals surface area (Å²) in [5.74, 6) is -0.854. The number of hydrogen-bond acceptors (Lipinski definition) is 10. The topological polar surface area (TPSA) is 152 Å². The number of allylic oxidation sites excluding steroid dienone is 4. The van der Waals surface area contributed by atoms with Crippen LogP contribution in [0.5, 0.6) is 0 Å². The van der Waals surface area contributed by atoms with Gasteiger partial charge in [0.25, 0.3) is 0 Å². The van der Waals surface area contributed by atoms with Crippen LogP contribution in [0, 0.1) is 0 Å². The molecular weight excluding hydrogens is 700 g/mol. The van der Waals surface area contributed by atoms with E-state index in [0.29, 0.717) is 12.8 Å². The van der Waals surface area contributed by atoms with Crippen LogP contribution < -0.4 is 0 Å². The van der Waals surface area contributed by atoms with Gasteiger partial charge in [0.15, 0.2) is 12.4 Å². The number of rotatable bonds is 37. The number of ether oxygens (including phenoxy) is 4. The molecule has 0 aromatic carbocycles. The maximum absolute atomic E-state index is 12.7. The standard InChI is InChI=1S/C45H82O10/c1-3-5-7-9-11-13-15-17-19-21-23-25-27-29-31-33-40(47)52-36-38(37-53-45-44(51)43(50)42(49)39(35-46)55-45)54-41(48)34-32-30-28-26-24-22-20-18-16-14-12-10-8-6-4-2/h23-26,38-39,42-46,49-51H,3-22,27-37H2,1-2H3/b25-23+,26-24+/t38-,39-,42+,43?,44?,45-/m0/s1. The summed E-state index contributed by atoms with van der Waals surface area (Å²) in [6.45, 7) is 3.39. The fraction of sp³-hybridized carbons (Fsp3) is 0.867. The summed E-state index contributed by atoms with van der Waals surface area (Å²) in [7, 11) is 0. The van der Waals surface area contributed by atoms with Crippen molar-refractivity contribution in [1.82, 2.24) is 0 Å². The maximum atomic E-state index is 12.7. The number of esters is 2. The smallest absolute Gasteiger partial charge is 0.306 e. The molecule has 4 N–H and O–H groups in total. The van der Waals surface area contributed by atoms with Crippen LogP contribution in [0.4, 0.5) is 0 Å². The van der Waals surface area contributed by atoms with E-state index in [-0.39, 0.29) is 26.1 Å². The van der Waals surface area contributed by atoms with Crippen LogP contribution in [0.1, 0.15) is 194 Å². The van der Waals surface area contributed by atoms with E-state index in [9.17, 15) is 30.0 Å². The number of carbonyl (C=O) groups is 2. The molecule has 0 spiro atoms. The first-order valence-electron chi connectivity index (χ1n) is 22.4. The van der Waals surface area contributed by atoms with Gasteiger partial charge in [-0.25, -0.2) is 0 Å². The Bertz CT molecular complexity index is 954. The van der Waals surface area contributed by atoms with Crippen LogP contribution in [0.2, 0.25) is 0 Å². The molecule has 1 aliphatic heterocycles. The van der Waals surface area contributed by atoms with Crippen LogP contribution in [0.25, 0.3) is 0 Å². The average Bonchev–Trinajstić information content (AvgIpc) is 3.18. The predicted octanol–water partition coefficient (Wildman–Crippen LogP) is 9.33. The lowest BCUT2D eigenvalue weighted by Crippen LogP contribution is -2.59. The molecule has 1 aliphatic rings. The first-order chi connectivity index (χ1) is 26.8. The molecule has 1 rings (SSSR count). The van der Waals surface area contributed by atoms with Gasteiger partial charge in [0, 0.05) is 12.8 Å². The highest BCUT2D eigenvalue weighted by Crippen LogP contribution is 2.22. The molecule has 0 aromatic rings. The quantitative estimate of drug-likeness (QED) is 0.0273. The second kappa shape index (κ2) is 36.5. The summed E-state index contributed by atoms with van der Waals surface area (Å²) in [4.78, 5) is 25.3. The lowest BCUT2D eigenvalue weighted by molar-refractivity contribution is -0.305. The zero-order valence-corrected chi connectivity index (χ0v) is 34.9. The molecule has 0 radical (unpaired) electrons. The van der Waals surface area contributed by atoms with Gasteiger partial charge in [0.05, 0.1) is 13.2 Å². The Morgan fingerprint density at radius 3 is 1.42 bits per heavy atom. The van der Waals surface area contributed by atoms with E-state index in [0.717, 1.165) is 38.5 Å². The Labute approximate surface area is 334 Å². The van der Waals surface area contributed by atoms with E-state index in [1.54, 1.807) is 0 Å². The van der Waals surface area contributed by atoms with E-state index in [2.05, 4.69) is 38.2 Å². The van der Waals surface area contributed by atoms with Crippen molar-refractivity contribution in [1.29, 1.82) is 0 Å². The average molecular weight is 783 g/mol. The first-order valence-corrected chi connectivity index (χ1v) is 22.4. The minimum absolute atomic E-state index is 0.198. The van der Waals surface area contributed by atoms with Crippen molar-refractivity contribution in [3.8, 4) is 0 Å². The summed E-state index contributed by atoms with van der Waals surface area (Å²) in [5, 5.41) is 40.0. The molecule has 6 atom stereocenters. The molecule has 0 amide bonds. The van der Waals surface area contributed by atoms with Gasteiger partial charge in [-0.1, -0.05) is 141 Å². The monoisotopic (exact) mass is 783 g/mol. The second-order valence-electron chi connectivity index (χ2n) is 15.5. The maximum Gasteiger partial charge on any atom is 0.306 e. The van der Waals surface area contributed by atoms with Crippen molar-refractivity contribution in [2.24, 2.45) is 0 Å². The van der Waals surface area contributed by atoms with Crippen molar-refractivity contribution in [2.45, 2.75) is 230 Å². The van der Waals surface area contributed by atoms with Gasteiger partial charge in [-0.3, -0.25) is 9.59 Å². The highest BCUT2D eigenvalue weighted by Gasteiger charge is 2.44. The third kappa shape index (κ3) is 28.3. The Morgan fingerprint density at radius 1 is 0.545 bits per heavy atom. The molecular formula is C45H82O10. The largest absolute Gasteiger partial charge is 0.462 e. The molecule has 1 heterocycles. The van der Waals surface area contributed by atoms with E-state index < -0.39 is 55.4 Å². The minimum atomic E-state index is -1.60. The highest BCUT2D eigenvalue weighted by atomic mass is 16.7. The zero-order valence-electron chi connectivity index (χ0n) is 34.9. The Kier molecular flexibility index (Phi) is 34.0. The minimum Gasteiger partial charge on any atom is -0.462 e. The summed E-state index contributed by atoms with van der Waals surface area (Å²) < 4.78 is 22.1. The Balaban J connectivity index is 2.36. The summed E-state index contributed by atoms with van der Waals surface area (Å²) in [5.41, 5.74) is 0. The molecule has 0 saturated carbocycles. The lowest BCUT2D eigenvalue weighted by Gasteiger charge is -2.39. The van der Waals surface area contributed by atoms with Crippen molar-refractivity contribution < 1.29 is 49.0 Å². The molecule has 55 heavy (non-hydrogen) atoms. The van der Waals surface area contributed by atoms with Crippen LogP contribution in [0.3, 0.4) is 0 Å². The molecule has 1 fully saturated rings. The van der Waals surface area contributed by atoms with Crippen molar-refractivity contribution >= 4 is 11.9 Å². The SMILES string of the molecule is CCCCCCCCCCC/C=C/CCCCC(=O)OC[C@@H](CO[C@H]1O[C@@H](CO)[C@@H](O)C(O)C1O)OC(=O)CCCC/C=C/CCCCCCCCCCC. The van der Waals surface area contributed by atoms with Crippen LogP contribution in [-0.4, -0.2) is 89.0 Å². The molecule has 322 valence electrons. The zero-order chi connectivity index (χ0) is 40.2. The number of aliphatic hydroxyl groups is 4. The Hall–Kier alpha value is -1.82. The van der Waals surface area contributed by atoms with Gasteiger partial charge in [-0.05, 0) is 64.2 Å². The predicted molar refractivity (Wildman–Crippen MR) is 219 cm³/mol. The van der Waals surface area contributed by atoms with Gasteiger partial charge in [0.2, 0.25) is 0 Å². The van der Waals surface area contributed by atoms with Gasteiger partial charge < -0.3 is 39.4 Å². The summed E-state index contributed by atoms with van der Waals surface area (Å²) in [6.07, 6.45) is 31.9. The summed E-state index contributed by atoms with van der Waals surface area (Å²) in [6, 6.07) is 0. The number of hydrogen-bond donors (Lipinski definition) is 4. The van der Waals surface area contributed by atoms with Gasteiger partial charge in [0.1, 0.15) is 31.0 Å². The van der Waals surface area contributed by atoms with Crippen LogP contribution in [-0.2, 0) is 28.5 Å². The molecule has 0 aliphatic carbocycles. The molecule has 10 heteroatoms. The van der Waals surface area contributed by atoms with Crippen molar-refractivity contribution in [2.75, 3.05) is 19.8 Å². The normalized spacial score (nSPS) is 20.7. The highest BCUT2D eigenvalue weighted by molar-refractivity contribution is 5.70. The van der Waals surface area contributed by atoms with Crippen LogP contribution >= 0.6 is 0 Å². The van der Waals surface area contributed by atoms with E-state index in [4.69, 9.17) is 18.9 Å². The van der Waals surface area contributed by atoms with Crippen molar-refractivity contribution in [3.63, 3.8) is 0 Å². The lowest BCUT2D eigenvalue weighted by atomic mass is 9.99. The molecule has 10 nitrogen and oxygen atoms in total. The van der Waals surface area contributed by atoms with Gasteiger partial charge >= 0.3 is 11.9 Å². The van der Waals surface area contributed by atoms with Crippen molar-refractivity contribution in [3.05, 3.63) is 24.3 Å². The van der Waals surface area contributed by atoms with Gasteiger partial charge in [-0.15, -0.1) is 0 Å². The molecule has 0 aromatic heterocycles. The van der Waals surface area contributed by atoms with E-state index >= 15 is 0 Å². The van der Waals surface area contributed by atoms with Gasteiger partial charge in [-0.2, -0.15) is 0 Å². The van der Waals surface area contributed by atoms with E-state index in [1.807, 2.05) is 0 Å². The third-order valence-electron chi connectivity index (χ3n) is 10.3. The second-order valence-corrected chi connectivity index (χ2v) is 15.5. The number of aliphatic hydroxyl groups excluding tert-OH is 4. The molecule has 2 unspecified atom stereocenters. The first kappa shape index (κ1) is 51.2. The Morgan fingerprint density at radius 2 is 0.964 bits per heavy atom. The number of unbranched alkanes of at least 4 members (excludes halogenated alkanes) is 22. The fourth-order valence-electron chi connectivity index (χ4n) is 6.71. The summed E-state index contributed by atoms with van der Waals surface area (Å²) >= 11 is 0. The fourth-order valence-corrected chi connectivity index (χ4v) is 6.71.